The van der Waals surface area contributed by atoms with Gasteiger partial charge in [0, 0.05) is 19.2 Å². The van der Waals surface area contributed by atoms with Crippen LogP contribution in [0.4, 0.5) is 5.69 Å². The van der Waals surface area contributed by atoms with Gasteiger partial charge in [0.2, 0.25) is 5.91 Å². The second-order valence-corrected chi connectivity index (χ2v) is 8.70. The molecule has 8 nitrogen and oxygen atoms in total. The molecule has 1 atom stereocenters. The van der Waals surface area contributed by atoms with Gasteiger partial charge < -0.3 is 24.7 Å². The molecule has 0 aliphatic carbocycles. The van der Waals surface area contributed by atoms with Crippen LogP contribution in [0.1, 0.15) is 37.4 Å². The van der Waals surface area contributed by atoms with Crippen LogP contribution < -0.4 is 10.6 Å². The number of para-hydroxylation sites is 1. The lowest BCUT2D eigenvalue weighted by molar-refractivity contribution is -0.128. The molecule has 176 valence electrons. The van der Waals surface area contributed by atoms with Crippen LogP contribution in [0.2, 0.25) is 0 Å². The van der Waals surface area contributed by atoms with E-state index in [1.165, 1.54) is 0 Å². The van der Waals surface area contributed by atoms with E-state index >= 15 is 0 Å². The summed E-state index contributed by atoms with van der Waals surface area (Å²) in [5.41, 5.74) is 2.17. The van der Waals surface area contributed by atoms with Crippen LogP contribution in [-0.4, -0.2) is 48.6 Å². The molecular weight excluding hydrogens is 454 g/mol. The zero-order chi connectivity index (χ0) is 23.9. The first-order chi connectivity index (χ1) is 16.6. The summed E-state index contributed by atoms with van der Waals surface area (Å²) in [5.74, 6) is 0.557. The lowest BCUT2D eigenvalue weighted by atomic mass is 10.1. The minimum atomic E-state index is -0.328. The Morgan fingerprint density at radius 2 is 1.88 bits per heavy atom. The van der Waals surface area contributed by atoms with Gasteiger partial charge in [-0.05, 0) is 42.0 Å². The Balaban J connectivity index is 1.44. The summed E-state index contributed by atoms with van der Waals surface area (Å²) >= 11 is 1.54. The molecule has 0 unspecified atom stereocenters. The molecular formula is C25H25N3O5S. The lowest BCUT2D eigenvalue weighted by Gasteiger charge is -2.23. The SMILES string of the molecule is COCCNC(=O)c1ccccc1NC(=O)c1ccc([C@H]2SCC(=O)N2Cc2ccco2)cc1. The number of anilines is 1. The molecule has 1 saturated heterocycles. The Morgan fingerprint density at radius 1 is 1.09 bits per heavy atom. The van der Waals surface area contributed by atoms with E-state index in [0.29, 0.717) is 42.3 Å². The molecule has 0 radical (unpaired) electrons. The monoisotopic (exact) mass is 479 g/mol. The van der Waals surface area contributed by atoms with Crippen LogP contribution in [0.5, 0.6) is 0 Å². The van der Waals surface area contributed by atoms with Crippen LogP contribution >= 0.6 is 11.8 Å². The van der Waals surface area contributed by atoms with E-state index in [9.17, 15) is 14.4 Å². The molecule has 1 aliphatic rings. The van der Waals surface area contributed by atoms with Crippen molar-refractivity contribution in [3.05, 3.63) is 89.4 Å². The molecule has 9 heteroatoms. The summed E-state index contributed by atoms with van der Waals surface area (Å²) < 4.78 is 10.4. The van der Waals surface area contributed by atoms with Crippen molar-refractivity contribution in [3.63, 3.8) is 0 Å². The van der Waals surface area contributed by atoms with Gasteiger partial charge in [0.1, 0.15) is 11.1 Å². The first kappa shape index (κ1) is 23.6. The zero-order valence-corrected chi connectivity index (χ0v) is 19.5. The first-order valence-electron chi connectivity index (χ1n) is 10.8. The number of carbonyl (C=O) groups excluding carboxylic acids is 3. The number of benzene rings is 2. The summed E-state index contributed by atoms with van der Waals surface area (Å²) in [5, 5.41) is 5.43. The number of nitrogens with one attached hydrogen (secondary N) is 2. The van der Waals surface area contributed by atoms with Gasteiger partial charge in [0.25, 0.3) is 11.8 Å². The number of carbonyl (C=O) groups is 3. The van der Waals surface area contributed by atoms with E-state index in [4.69, 9.17) is 9.15 Å². The maximum Gasteiger partial charge on any atom is 0.255 e. The van der Waals surface area contributed by atoms with Crippen LogP contribution in [0.3, 0.4) is 0 Å². The second kappa shape index (κ2) is 11.0. The third-order valence-electron chi connectivity index (χ3n) is 5.34. The van der Waals surface area contributed by atoms with Crippen LogP contribution in [-0.2, 0) is 16.1 Å². The molecule has 2 aromatic carbocycles. The number of hydrogen-bond acceptors (Lipinski definition) is 6. The Morgan fingerprint density at radius 3 is 2.62 bits per heavy atom. The molecule has 2 N–H and O–H groups in total. The maximum absolute atomic E-state index is 12.9. The van der Waals surface area contributed by atoms with Crippen molar-refractivity contribution in [3.8, 4) is 0 Å². The smallest absolute Gasteiger partial charge is 0.255 e. The molecule has 1 aromatic heterocycles. The van der Waals surface area contributed by atoms with E-state index in [1.54, 1.807) is 72.5 Å². The number of nitrogens with zero attached hydrogens (tertiary/aromatic N) is 1. The molecule has 0 saturated carbocycles. The number of ether oxygens (including phenoxy) is 1. The average Bonchev–Trinajstić information content (AvgIpc) is 3.50. The summed E-state index contributed by atoms with van der Waals surface area (Å²) in [6, 6.07) is 17.6. The number of thioether (sulfide) groups is 1. The molecule has 1 aliphatic heterocycles. The summed E-state index contributed by atoms with van der Waals surface area (Å²) in [6.07, 6.45) is 1.59. The quantitative estimate of drug-likeness (QED) is 0.454. The third kappa shape index (κ3) is 5.49. The van der Waals surface area contributed by atoms with Gasteiger partial charge in [0.15, 0.2) is 0 Å². The Kier molecular flexibility index (Phi) is 7.66. The minimum Gasteiger partial charge on any atom is -0.467 e. The highest BCUT2D eigenvalue weighted by Crippen LogP contribution is 2.39. The van der Waals surface area contributed by atoms with Gasteiger partial charge in [-0.2, -0.15) is 0 Å². The van der Waals surface area contributed by atoms with Crippen LogP contribution in [0, 0.1) is 0 Å². The van der Waals surface area contributed by atoms with Crippen molar-refractivity contribution in [2.75, 3.05) is 31.3 Å². The number of amides is 3. The Hall–Kier alpha value is -3.56. The standard InChI is InChI=1S/C25H25N3O5S/c1-32-14-12-26-24(31)20-6-2-3-7-21(20)27-23(30)17-8-10-18(11-9-17)25-28(22(29)16-34-25)15-19-5-4-13-33-19/h2-11,13,25H,12,14-16H2,1H3,(H,26,31)(H,27,30)/t25-/m1/s1. The first-order valence-corrected chi connectivity index (χ1v) is 11.8. The van der Waals surface area contributed by atoms with Crippen LogP contribution in [0.15, 0.2) is 71.3 Å². The highest BCUT2D eigenvalue weighted by Gasteiger charge is 2.33. The molecule has 2 heterocycles. The van der Waals surface area contributed by atoms with Crippen molar-refractivity contribution < 1.29 is 23.5 Å². The Bertz CT molecular complexity index is 1150. The maximum atomic E-state index is 12.9. The van der Waals surface area contributed by atoms with Gasteiger partial charge in [-0.3, -0.25) is 14.4 Å². The third-order valence-corrected chi connectivity index (χ3v) is 6.60. The number of hydrogen-bond donors (Lipinski definition) is 2. The average molecular weight is 480 g/mol. The van der Waals surface area contributed by atoms with Crippen molar-refractivity contribution >= 4 is 35.2 Å². The topological polar surface area (TPSA) is 101 Å². The van der Waals surface area contributed by atoms with Crippen molar-refractivity contribution in [1.29, 1.82) is 0 Å². The summed E-state index contributed by atoms with van der Waals surface area (Å²) in [4.78, 5) is 39.5. The van der Waals surface area contributed by atoms with E-state index in [1.807, 2.05) is 18.2 Å². The van der Waals surface area contributed by atoms with E-state index < -0.39 is 0 Å². The second-order valence-electron chi connectivity index (χ2n) is 7.63. The summed E-state index contributed by atoms with van der Waals surface area (Å²) in [7, 11) is 1.56. The minimum absolute atomic E-state index is 0.0496. The normalized spacial score (nSPS) is 15.4. The summed E-state index contributed by atoms with van der Waals surface area (Å²) in [6.45, 7) is 1.17. The van der Waals surface area contributed by atoms with E-state index in [-0.39, 0.29) is 23.1 Å². The fourth-order valence-electron chi connectivity index (χ4n) is 3.62. The van der Waals surface area contributed by atoms with Crippen LogP contribution in [0.25, 0.3) is 0 Å². The molecule has 0 spiro atoms. The van der Waals surface area contributed by atoms with Crippen molar-refractivity contribution in [1.82, 2.24) is 10.2 Å². The van der Waals surface area contributed by atoms with Gasteiger partial charge in [-0.25, -0.2) is 0 Å². The molecule has 3 amide bonds. The fraction of sp³-hybridized carbons (Fsp3) is 0.240. The lowest BCUT2D eigenvalue weighted by Crippen LogP contribution is -2.28. The molecule has 1 fully saturated rings. The number of rotatable bonds is 9. The zero-order valence-electron chi connectivity index (χ0n) is 18.7. The highest BCUT2D eigenvalue weighted by atomic mass is 32.2. The van der Waals surface area contributed by atoms with Gasteiger partial charge >= 0.3 is 0 Å². The van der Waals surface area contributed by atoms with Crippen molar-refractivity contribution in [2.24, 2.45) is 0 Å². The van der Waals surface area contributed by atoms with E-state index in [0.717, 1.165) is 11.3 Å². The predicted molar refractivity (Wildman–Crippen MR) is 130 cm³/mol. The largest absolute Gasteiger partial charge is 0.467 e. The fourth-order valence-corrected chi connectivity index (χ4v) is 4.81. The van der Waals surface area contributed by atoms with Gasteiger partial charge in [0.05, 0.1) is 36.4 Å². The number of methoxy groups -OCH3 is 1. The Labute approximate surface area is 201 Å². The molecule has 3 aromatic rings. The molecule has 34 heavy (non-hydrogen) atoms. The predicted octanol–water partition coefficient (Wildman–Crippen LogP) is 3.68. The van der Waals surface area contributed by atoms with E-state index in [2.05, 4.69) is 10.6 Å². The van der Waals surface area contributed by atoms with Crippen molar-refractivity contribution in [2.45, 2.75) is 11.9 Å². The molecule has 0 bridgehead atoms. The highest BCUT2D eigenvalue weighted by molar-refractivity contribution is 8.00. The van der Waals surface area contributed by atoms with Gasteiger partial charge in [-0.15, -0.1) is 11.8 Å². The number of furan rings is 1. The van der Waals surface area contributed by atoms with Gasteiger partial charge in [-0.1, -0.05) is 24.3 Å². The molecule has 4 rings (SSSR count).